The highest BCUT2D eigenvalue weighted by molar-refractivity contribution is 7.89. The Morgan fingerprint density at radius 2 is 1.79 bits per heavy atom. The molecule has 0 unspecified atom stereocenters. The van der Waals surface area contributed by atoms with Gasteiger partial charge in [-0.2, -0.15) is 9.30 Å². The van der Waals surface area contributed by atoms with E-state index in [9.17, 15) is 18.0 Å². The van der Waals surface area contributed by atoms with Crippen molar-refractivity contribution in [3.63, 3.8) is 0 Å². The van der Waals surface area contributed by atoms with Crippen LogP contribution in [0.1, 0.15) is 30.1 Å². The second kappa shape index (κ2) is 10.1. The third-order valence-corrected chi connectivity index (χ3v) is 8.44. The summed E-state index contributed by atoms with van der Waals surface area (Å²) in [6, 6.07) is 11.1. The van der Waals surface area contributed by atoms with E-state index in [2.05, 4.69) is 4.99 Å². The Hall–Kier alpha value is -3.02. The van der Waals surface area contributed by atoms with E-state index >= 15 is 0 Å². The van der Waals surface area contributed by atoms with Crippen molar-refractivity contribution in [2.24, 2.45) is 4.99 Å². The van der Waals surface area contributed by atoms with Gasteiger partial charge < -0.3 is 14.0 Å². The predicted octanol–water partition coefficient (Wildman–Crippen LogP) is 2.80. The molecule has 1 saturated heterocycles. The molecule has 11 heteroatoms. The third-order valence-electron chi connectivity index (χ3n) is 5.48. The van der Waals surface area contributed by atoms with E-state index in [-0.39, 0.29) is 23.6 Å². The second-order valence-electron chi connectivity index (χ2n) is 7.66. The molecule has 0 bridgehead atoms. The van der Waals surface area contributed by atoms with Crippen LogP contribution in [0.25, 0.3) is 10.2 Å². The van der Waals surface area contributed by atoms with E-state index in [1.54, 1.807) is 30.7 Å². The van der Waals surface area contributed by atoms with Gasteiger partial charge in [-0.1, -0.05) is 11.3 Å². The number of ether oxygens (including phenoxy) is 2. The largest absolute Gasteiger partial charge is 0.497 e. The first-order chi connectivity index (χ1) is 16.3. The molecule has 0 saturated carbocycles. The van der Waals surface area contributed by atoms with E-state index in [0.717, 1.165) is 23.1 Å². The molecule has 2 heterocycles. The van der Waals surface area contributed by atoms with Crippen LogP contribution in [-0.4, -0.2) is 56.0 Å². The van der Waals surface area contributed by atoms with Gasteiger partial charge in [0.25, 0.3) is 5.91 Å². The van der Waals surface area contributed by atoms with Crippen molar-refractivity contribution in [1.29, 1.82) is 0 Å². The SMILES string of the molecule is CCOC(=O)Cn1c(=NC(=O)c2ccc(S(=O)(=O)N3CCCC3)cc2)sc2cc(OC)ccc21. The number of sulfonamides is 1. The first-order valence-corrected chi connectivity index (χ1v) is 13.1. The zero-order chi connectivity index (χ0) is 24.3. The van der Waals surface area contributed by atoms with Crippen molar-refractivity contribution >= 4 is 43.5 Å². The predicted molar refractivity (Wildman–Crippen MR) is 127 cm³/mol. The van der Waals surface area contributed by atoms with E-state index in [1.807, 2.05) is 6.07 Å². The van der Waals surface area contributed by atoms with E-state index < -0.39 is 21.9 Å². The Morgan fingerprint density at radius 1 is 1.09 bits per heavy atom. The molecule has 180 valence electrons. The average molecular weight is 504 g/mol. The maximum atomic E-state index is 12.9. The molecule has 0 N–H and O–H groups in total. The van der Waals surface area contributed by atoms with Gasteiger partial charge in [0.1, 0.15) is 12.3 Å². The number of methoxy groups -OCH3 is 1. The maximum Gasteiger partial charge on any atom is 0.326 e. The molecule has 4 rings (SSSR count). The lowest BCUT2D eigenvalue weighted by Crippen LogP contribution is -2.27. The number of thiazole rings is 1. The number of hydrogen-bond donors (Lipinski definition) is 0. The third kappa shape index (κ3) is 4.91. The van der Waals surface area contributed by atoms with Gasteiger partial charge in [0.05, 0.1) is 28.8 Å². The molecular formula is C23H25N3O6S2. The van der Waals surface area contributed by atoms with Crippen molar-refractivity contribution < 1.29 is 27.5 Å². The number of hydrogen-bond acceptors (Lipinski definition) is 7. The molecule has 0 spiro atoms. The molecule has 9 nitrogen and oxygen atoms in total. The van der Waals surface area contributed by atoms with Gasteiger partial charge in [-0.15, -0.1) is 0 Å². The lowest BCUT2D eigenvalue weighted by molar-refractivity contribution is -0.143. The Bertz CT molecular complexity index is 1380. The number of esters is 1. The Labute approximate surface area is 201 Å². The molecular weight excluding hydrogens is 478 g/mol. The van der Waals surface area contributed by atoms with Crippen LogP contribution in [0, 0.1) is 0 Å². The molecule has 0 atom stereocenters. The summed E-state index contributed by atoms with van der Waals surface area (Å²) in [5.41, 5.74) is 0.968. The Kier molecular flexibility index (Phi) is 7.15. The summed E-state index contributed by atoms with van der Waals surface area (Å²) in [6.07, 6.45) is 1.70. The minimum absolute atomic E-state index is 0.0979. The van der Waals surface area contributed by atoms with Gasteiger partial charge in [0.15, 0.2) is 4.80 Å². The Morgan fingerprint density at radius 3 is 2.44 bits per heavy atom. The fraction of sp³-hybridized carbons (Fsp3) is 0.348. The van der Waals surface area contributed by atoms with Gasteiger partial charge >= 0.3 is 5.97 Å². The summed E-state index contributed by atoms with van der Waals surface area (Å²) >= 11 is 1.25. The van der Waals surface area contributed by atoms with E-state index in [1.165, 1.54) is 39.9 Å². The van der Waals surface area contributed by atoms with Crippen LogP contribution in [0.15, 0.2) is 52.4 Å². The molecule has 3 aromatic rings. The first-order valence-electron chi connectivity index (χ1n) is 10.9. The fourth-order valence-corrected chi connectivity index (χ4v) is 6.33. The zero-order valence-corrected chi connectivity index (χ0v) is 20.5. The monoisotopic (exact) mass is 503 g/mol. The van der Waals surface area contributed by atoms with Gasteiger partial charge in [0, 0.05) is 18.7 Å². The van der Waals surface area contributed by atoms with Crippen LogP contribution in [0.5, 0.6) is 5.75 Å². The maximum absolute atomic E-state index is 12.9. The van der Waals surface area contributed by atoms with Gasteiger partial charge in [-0.05, 0) is 62.2 Å². The molecule has 1 aliphatic rings. The summed E-state index contributed by atoms with van der Waals surface area (Å²) < 4.78 is 39.7. The molecule has 34 heavy (non-hydrogen) atoms. The highest BCUT2D eigenvalue weighted by atomic mass is 32.2. The smallest absolute Gasteiger partial charge is 0.326 e. The highest BCUT2D eigenvalue weighted by Gasteiger charge is 2.27. The number of nitrogens with zero attached hydrogens (tertiary/aromatic N) is 3. The van der Waals surface area contributed by atoms with Crippen LogP contribution in [-0.2, 0) is 26.1 Å². The topological polar surface area (TPSA) is 107 Å². The van der Waals surface area contributed by atoms with Crippen molar-refractivity contribution in [3.05, 3.63) is 52.8 Å². The molecule has 1 aliphatic heterocycles. The summed E-state index contributed by atoms with van der Waals surface area (Å²) in [4.78, 5) is 29.8. The molecule has 1 aromatic heterocycles. The van der Waals surface area contributed by atoms with Gasteiger partial charge in [-0.3, -0.25) is 9.59 Å². The summed E-state index contributed by atoms with van der Waals surface area (Å²) in [5, 5.41) is 0. The van der Waals surface area contributed by atoms with Crippen LogP contribution < -0.4 is 9.54 Å². The van der Waals surface area contributed by atoms with Crippen LogP contribution in [0.4, 0.5) is 0 Å². The number of amides is 1. The van der Waals surface area contributed by atoms with Gasteiger partial charge in [0.2, 0.25) is 10.0 Å². The molecule has 0 radical (unpaired) electrons. The minimum atomic E-state index is -3.56. The van der Waals surface area contributed by atoms with Crippen molar-refractivity contribution in [2.75, 3.05) is 26.8 Å². The van der Waals surface area contributed by atoms with Crippen molar-refractivity contribution in [3.8, 4) is 5.75 Å². The Balaban J connectivity index is 1.68. The number of benzene rings is 2. The van der Waals surface area contributed by atoms with E-state index in [4.69, 9.17) is 9.47 Å². The lowest BCUT2D eigenvalue weighted by atomic mass is 10.2. The summed E-state index contributed by atoms with van der Waals surface area (Å²) in [7, 11) is -2.00. The van der Waals surface area contributed by atoms with Crippen LogP contribution >= 0.6 is 11.3 Å². The van der Waals surface area contributed by atoms with Crippen LogP contribution in [0.2, 0.25) is 0 Å². The number of carbonyl (C=O) groups is 2. The molecule has 1 amide bonds. The standard InChI is InChI=1S/C23H25N3O6S2/c1-3-32-21(27)15-26-19-11-8-17(31-2)14-20(19)33-23(26)24-22(28)16-6-9-18(10-7-16)34(29,30)25-12-4-5-13-25/h6-11,14H,3-5,12-13,15H2,1-2H3. The van der Waals surface area contributed by atoms with E-state index in [0.29, 0.717) is 23.6 Å². The minimum Gasteiger partial charge on any atom is -0.497 e. The number of fused-ring (bicyclic) bond motifs is 1. The highest BCUT2D eigenvalue weighted by Crippen LogP contribution is 2.24. The quantitative estimate of drug-likeness (QED) is 0.459. The number of aromatic nitrogens is 1. The number of rotatable bonds is 7. The van der Waals surface area contributed by atoms with Crippen molar-refractivity contribution in [1.82, 2.24) is 8.87 Å². The normalized spacial score (nSPS) is 15.1. The molecule has 1 fully saturated rings. The number of carbonyl (C=O) groups excluding carboxylic acids is 2. The summed E-state index contributed by atoms with van der Waals surface area (Å²) in [6.45, 7) is 2.89. The summed E-state index contributed by atoms with van der Waals surface area (Å²) in [5.74, 6) is -0.339. The average Bonchev–Trinajstić information content (AvgIpc) is 3.48. The molecule has 2 aromatic carbocycles. The zero-order valence-electron chi connectivity index (χ0n) is 18.9. The van der Waals surface area contributed by atoms with Crippen LogP contribution in [0.3, 0.4) is 0 Å². The van der Waals surface area contributed by atoms with Crippen molar-refractivity contribution in [2.45, 2.75) is 31.2 Å². The second-order valence-corrected chi connectivity index (χ2v) is 10.6. The fourth-order valence-electron chi connectivity index (χ4n) is 3.75. The molecule has 0 aliphatic carbocycles. The lowest BCUT2D eigenvalue weighted by Gasteiger charge is -2.15. The van der Waals surface area contributed by atoms with Gasteiger partial charge in [-0.25, -0.2) is 8.42 Å². The first kappa shape index (κ1) is 24.1.